The maximum absolute atomic E-state index is 5.47. The average Bonchev–Trinajstić information content (AvgIpc) is 2.49. The monoisotopic (exact) mass is 256 g/mol. The second kappa shape index (κ2) is 7.07. The van der Waals surface area contributed by atoms with Crippen LogP contribution in [-0.2, 0) is 15.9 Å². The zero-order valence-corrected chi connectivity index (χ0v) is 11.5. The van der Waals surface area contributed by atoms with Crippen molar-refractivity contribution in [1.29, 1.82) is 0 Å². The van der Waals surface area contributed by atoms with Gasteiger partial charge in [0.05, 0.1) is 0 Å². The van der Waals surface area contributed by atoms with Crippen LogP contribution in [0.3, 0.4) is 0 Å². The van der Waals surface area contributed by atoms with Gasteiger partial charge < -0.3 is 9.47 Å². The lowest BCUT2D eigenvalue weighted by Crippen LogP contribution is -2.24. The summed E-state index contributed by atoms with van der Waals surface area (Å²) in [6.45, 7) is 0. The number of ether oxygens (including phenoxy) is 2. The highest BCUT2D eigenvalue weighted by Gasteiger charge is 2.23. The summed E-state index contributed by atoms with van der Waals surface area (Å²) in [6.07, 6.45) is 0.666. The molecule has 2 aromatic rings. The molecule has 100 valence electrons. The minimum atomic E-state index is -0.234. The van der Waals surface area contributed by atoms with Crippen molar-refractivity contribution >= 4 is 0 Å². The summed E-state index contributed by atoms with van der Waals surface area (Å²) in [5, 5.41) is 0. The van der Waals surface area contributed by atoms with Crippen molar-refractivity contribution in [3.63, 3.8) is 0 Å². The quantitative estimate of drug-likeness (QED) is 0.735. The van der Waals surface area contributed by atoms with Crippen LogP contribution in [0, 0.1) is 0 Å². The van der Waals surface area contributed by atoms with Gasteiger partial charge in [-0.25, -0.2) is 0 Å². The first-order chi connectivity index (χ1) is 9.35. The molecule has 0 bridgehead atoms. The molecule has 1 atom stereocenters. The predicted molar refractivity (Wildman–Crippen MR) is 77.1 cm³/mol. The molecule has 0 aliphatic heterocycles. The Morgan fingerprint density at radius 1 is 0.789 bits per heavy atom. The molecule has 19 heavy (non-hydrogen) atoms. The van der Waals surface area contributed by atoms with Crippen LogP contribution in [0.25, 0.3) is 0 Å². The molecule has 0 N–H and O–H groups in total. The van der Waals surface area contributed by atoms with Crippen LogP contribution in [0.4, 0.5) is 0 Å². The maximum Gasteiger partial charge on any atom is 0.163 e. The van der Waals surface area contributed by atoms with E-state index in [-0.39, 0.29) is 12.2 Å². The van der Waals surface area contributed by atoms with Gasteiger partial charge >= 0.3 is 0 Å². The summed E-state index contributed by atoms with van der Waals surface area (Å²) in [4.78, 5) is 0. The summed E-state index contributed by atoms with van der Waals surface area (Å²) in [6, 6.07) is 20.8. The zero-order valence-electron chi connectivity index (χ0n) is 11.5. The summed E-state index contributed by atoms with van der Waals surface area (Å²) < 4.78 is 10.9. The van der Waals surface area contributed by atoms with Crippen LogP contribution < -0.4 is 0 Å². The van der Waals surface area contributed by atoms with E-state index < -0.39 is 0 Å². The zero-order chi connectivity index (χ0) is 13.5. The van der Waals surface area contributed by atoms with E-state index in [9.17, 15) is 0 Å². The highest BCUT2D eigenvalue weighted by atomic mass is 16.7. The van der Waals surface area contributed by atoms with Crippen LogP contribution in [0.15, 0.2) is 60.7 Å². The summed E-state index contributed by atoms with van der Waals surface area (Å²) >= 11 is 0. The van der Waals surface area contributed by atoms with Crippen molar-refractivity contribution < 1.29 is 9.47 Å². The Kier molecular flexibility index (Phi) is 5.13. The third kappa shape index (κ3) is 3.66. The largest absolute Gasteiger partial charge is 0.355 e. The van der Waals surface area contributed by atoms with Gasteiger partial charge in [0.2, 0.25) is 0 Å². The summed E-state index contributed by atoms with van der Waals surface area (Å²) in [5.41, 5.74) is 2.52. The van der Waals surface area contributed by atoms with Crippen molar-refractivity contribution in [1.82, 2.24) is 0 Å². The minimum absolute atomic E-state index is 0.193. The Hall–Kier alpha value is -1.64. The molecule has 0 saturated carbocycles. The van der Waals surface area contributed by atoms with E-state index in [2.05, 4.69) is 48.5 Å². The first-order valence-corrected chi connectivity index (χ1v) is 6.49. The van der Waals surface area contributed by atoms with E-state index in [1.165, 1.54) is 11.1 Å². The van der Waals surface area contributed by atoms with Crippen molar-refractivity contribution in [2.75, 3.05) is 14.2 Å². The molecule has 2 nitrogen and oxygen atoms in total. The molecule has 2 heteroatoms. The molecular formula is C17H20O2. The van der Waals surface area contributed by atoms with Gasteiger partial charge in [-0.15, -0.1) is 0 Å². The third-order valence-corrected chi connectivity index (χ3v) is 3.32. The second-order valence-corrected chi connectivity index (χ2v) is 4.55. The smallest absolute Gasteiger partial charge is 0.163 e. The molecular weight excluding hydrogens is 236 g/mol. The van der Waals surface area contributed by atoms with E-state index in [0.29, 0.717) is 0 Å². The van der Waals surface area contributed by atoms with Crippen LogP contribution >= 0.6 is 0 Å². The molecule has 0 aliphatic carbocycles. The van der Waals surface area contributed by atoms with Crippen LogP contribution in [0.2, 0.25) is 0 Å². The summed E-state index contributed by atoms with van der Waals surface area (Å²) in [7, 11) is 3.38. The van der Waals surface area contributed by atoms with Gasteiger partial charge in [0.25, 0.3) is 0 Å². The van der Waals surface area contributed by atoms with Crippen LogP contribution in [0.1, 0.15) is 17.0 Å². The van der Waals surface area contributed by atoms with E-state index in [1.54, 1.807) is 14.2 Å². The SMILES string of the molecule is COC(OC)C(Cc1ccccc1)c1ccccc1. The summed E-state index contributed by atoms with van der Waals surface area (Å²) in [5.74, 6) is 0.193. The first kappa shape index (κ1) is 13.8. The maximum atomic E-state index is 5.47. The van der Waals surface area contributed by atoms with Crippen molar-refractivity contribution in [3.05, 3.63) is 71.8 Å². The molecule has 0 amide bonds. The lowest BCUT2D eigenvalue weighted by atomic mass is 9.91. The number of benzene rings is 2. The van der Waals surface area contributed by atoms with E-state index >= 15 is 0 Å². The predicted octanol–water partition coefficient (Wildman–Crippen LogP) is 3.63. The Morgan fingerprint density at radius 3 is 1.84 bits per heavy atom. The van der Waals surface area contributed by atoms with E-state index in [4.69, 9.17) is 9.47 Å². The molecule has 0 saturated heterocycles. The fraction of sp³-hybridized carbons (Fsp3) is 0.294. The second-order valence-electron chi connectivity index (χ2n) is 4.55. The fourth-order valence-electron chi connectivity index (χ4n) is 2.36. The number of hydrogen-bond donors (Lipinski definition) is 0. The standard InChI is InChI=1S/C17H20O2/c1-18-17(19-2)16(15-11-7-4-8-12-15)13-14-9-5-3-6-10-14/h3-12,16-17H,13H2,1-2H3. The van der Waals surface area contributed by atoms with Crippen molar-refractivity contribution in [2.24, 2.45) is 0 Å². The third-order valence-electron chi connectivity index (χ3n) is 3.32. The molecule has 0 spiro atoms. The van der Waals surface area contributed by atoms with Crippen molar-refractivity contribution in [3.8, 4) is 0 Å². The molecule has 0 heterocycles. The highest BCUT2D eigenvalue weighted by molar-refractivity contribution is 5.25. The first-order valence-electron chi connectivity index (χ1n) is 6.49. The molecule has 0 aromatic heterocycles. The molecule has 0 fully saturated rings. The molecule has 2 aromatic carbocycles. The number of methoxy groups -OCH3 is 2. The van der Waals surface area contributed by atoms with Crippen LogP contribution in [-0.4, -0.2) is 20.5 Å². The molecule has 0 radical (unpaired) electrons. The van der Waals surface area contributed by atoms with Gasteiger partial charge in [0, 0.05) is 20.1 Å². The van der Waals surface area contributed by atoms with Gasteiger partial charge in [0.1, 0.15) is 0 Å². The Balaban J connectivity index is 2.24. The lowest BCUT2D eigenvalue weighted by Gasteiger charge is -2.25. The van der Waals surface area contributed by atoms with Gasteiger partial charge in [-0.1, -0.05) is 60.7 Å². The van der Waals surface area contributed by atoms with Crippen molar-refractivity contribution in [2.45, 2.75) is 18.6 Å². The molecule has 0 aliphatic rings. The Morgan fingerprint density at radius 2 is 1.32 bits per heavy atom. The van der Waals surface area contributed by atoms with Crippen LogP contribution in [0.5, 0.6) is 0 Å². The van der Waals surface area contributed by atoms with Gasteiger partial charge in [-0.05, 0) is 17.5 Å². The van der Waals surface area contributed by atoms with Gasteiger partial charge in [0.15, 0.2) is 6.29 Å². The van der Waals surface area contributed by atoms with E-state index in [0.717, 1.165) is 6.42 Å². The minimum Gasteiger partial charge on any atom is -0.355 e. The lowest BCUT2D eigenvalue weighted by molar-refractivity contribution is -0.118. The number of hydrogen-bond acceptors (Lipinski definition) is 2. The fourth-order valence-corrected chi connectivity index (χ4v) is 2.36. The van der Waals surface area contributed by atoms with Gasteiger partial charge in [-0.3, -0.25) is 0 Å². The molecule has 1 unspecified atom stereocenters. The van der Waals surface area contributed by atoms with E-state index in [1.807, 2.05) is 12.1 Å². The Labute approximate surface area is 115 Å². The van der Waals surface area contributed by atoms with Gasteiger partial charge in [-0.2, -0.15) is 0 Å². The normalized spacial score (nSPS) is 12.6. The highest BCUT2D eigenvalue weighted by Crippen LogP contribution is 2.26. The topological polar surface area (TPSA) is 18.5 Å². The Bertz CT molecular complexity index is 463. The average molecular weight is 256 g/mol. The number of rotatable bonds is 6. The molecule has 2 rings (SSSR count).